The predicted octanol–water partition coefficient (Wildman–Crippen LogP) is 2.60. The molecule has 12 heteroatoms. The van der Waals surface area contributed by atoms with Gasteiger partial charge in [-0.15, -0.1) is 0 Å². The first kappa shape index (κ1) is 45.5. The molecule has 0 radical (unpaired) electrons. The van der Waals surface area contributed by atoms with E-state index in [0.29, 0.717) is 57.0 Å². The Morgan fingerprint density at radius 1 is 1.02 bits per heavy atom. The topological polar surface area (TPSA) is 223 Å². The lowest BCUT2D eigenvalue weighted by Crippen LogP contribution is -3.00. The van der Waals surface area contributed by atoms with Crippen LogP contribution in [0.5, 0.6) is 0 Å². The molecule has 6 fully saturated rings. The van der Waals surface area contributed by atoms with Crippen LogP contribution in [0.2, 0.25) is 0 Å². The van der Waals surface area contributed by atoms with E-state index in [4.69, 9.17) is 15.5 Å². The van der Waals surface area contributed by atoms with Crippen LogP contribution in [0.25, 0.3) is 0 Å². The normalized spacial score (nSPS) is 46.3. The Morgan fingerprint density at radius 2 is 1.77 bits per heavy atom. The number of unbranched alkanes of at least 4 members (excludes halogenated alkanes) is 3. The number of carbonyl (C=O) groups is 1. The first-order chi connectivity index (χ1) is 27.0. The van der Waals surface area contributed by atoms with E-state index < -0.39 is 70.3 Å². The number of hydrogen-bond donors (Lipinski definition) is 9. The Bertz CT molecular complexity index is 1400. The lowest BCUT2D eigenvalue weighted by Gasteiger charge is -2.65. The second-order valence-corrected chi connectivity index (χ2v) is 20.6. The molecular weight excluding hydrogens is 727 g/mol. The number of Topliss-reactive ketones (excluding diaryl/α,β-unsaturated/α-hetero) is 1. The van der Waals surface area contributed by atoms with E-state index in [2.05, 4.69) is 19.2 Å². The minimum Gasteiger partial charge on any atom is -0.396 e. The van der Waals surface area contributed by atoms with Gasteiger partial charge in [-0.2, -0.15) is 0 Å². The van der Waals surface area contributed by atoms with Crippen LogP contribution in [0.4, 0.5) is 0 Å². The van der Waals surface area contributed by atoms with Crippen LogP contribution in [0, 0.1) is 52.3 Å². The summed E-state index contributed by atoms with van der Waals surface area (Å²) in [6.07, 6.45) is 8.20. The van der Waals surface area contributed by atoms with Crippen molar-refractivity contribution in [2.75, 3.05) is 19.8 Å². The van der Waals surface area contributed by atoms with Crippen molar-refractivity contribution >= 4 is 11.5 Å². The van der Waals surface area contributed by atoms with Crippen molar-refractivity contribution in [2.24, 2.45) is 63.0 Å². The number of ketones is 1. The van der Waals surface area contributed by atoms with Gasteiger partial charge in [-0.1, -0.05) is 46.5 Å². The maximum absolute atomic E-state index is 15.1. The Balaban J connectivity index is 1.33. The number of aliphatic hydroxyl groups excluding tert-OH is 5. The van der Waals surface area contributed by atoms with Gasteiger partial charge < -0.3 is 45.8 Å². The Hall–Kier alpha value is -1.06. The van der Waals surface area contributed by atoms with Crippen LogP contribution >= 0.6 is 0 Å². The molecule has 2 saturated heterocycles. The summed E-state index contributed by atoms with van der Waals surface area (Å²) in [7, 11) is 0. The second-order valence-electron chi connectivity index (χ2n) is 20.6. The van der Waals surface area contributed by atoms with Gasteiger partial charge in [0.1, 0.15) is 12.3 Å². The van der Waals surface area contributed by atoms with Gasteiger partial charge in [0.15, 0.2) is 5.78 Å². The third-order valence-electron chi connectivity index (χ3n) is 17.3. The molecule has 328 valence electrons. The molecule has 6 aliphatic rings. The van der Waals surface area contributed by atoms with Gasteiger partial charge in [-0.3, -0.25) is 15.5 Å². The molecule has 57 heavy (non-hydrogen) atoms. The summed E-state index contributed by atoms with van der Waals surface area (Å²) < 4.78 is 6.29. The highest BCUT2D eigenvalue weighted by atomic mass is 16.5. The molecule has 0 spiro atoms. The molecule has 0 amide bonds. The number of aliphatic hydroxyl groups is 7. The van der Waals surface area contributed by atoms with Crippen molar-refractivity contribution in [3.63, 3.8) is 0 Å². The van der Waals surface area contributed by atoms with E-state index in [-0.39, 0.29) is 61.5 Å². The quantitative estimate of drug-likeness (QED) is 0.104. The maximum atomic E-state index is 15.1. The molecule has 4 saturated carbocycles. The maximum Gasteiger partial charge on any atom is 0.180 e. The van der Waals surface area contributed by atoms with Crippen molar-refractivity contribution in [1.82, 2.24) is 0 Å². The average molecular weight is 807 g/mol. The van der Waals surface area contributed by atoms with Crippen LogP contribution in [-0.2, 0) is 9.53 Å². The summed E-state index contributed by atoms with van der Waals surface area (Å²) in [4.78, 5) is 19.9. The van der Waals surface area contributed by atoms with E-state index in [1.807, 2.05) is 6.92 Å². The number of piperidine rings is 1. The predicted molar refractivity (Wildman–Crippen MR) is 218 cm³/mol. The lowest BCUT2D eigenvalue weighted by molar-refractivity contribution is -0.737. The van der Waals surface area contributed by atoms with Crippen LogP contribution < -0.4 is 11.1 Å². The highest BCUT2D eigenvalue weighted by molar-refractivity contribution is 6.42. The molecule has 0 bridgehead atoms. The zero-order valence-electron chi connectivity index (χ0n) is 35.8. The van der Waals surface area contributed by atoms with Gasteiger partial charge in [-0.25, -0.2) is 0 Å². The van der Waals surface area contributed by atoms with Crippen molar-refractivity contribution in [1.29, 1.82) is 0 Å². The van der Waals surface area contributed by atoms with Gasteiger partial charge in [0.05, 0.1) is 60.5 Å². The van der Waals surface area contributed by atoms with E-state index in [0.717, 1.165) is 38.5 Å². The number of carbonyl (C=O) groups excluding carboxylic acids is 1. The minimum atomic E-state index is -1.59. The second kappa shape index (κ2) is 18.1. The van der Waals surface area contributed by atoms with Crippen LogP contribution in [0.3, 0.4) is 0 Å². The highest BCUT2D eigenvalue weighted by Crippen LogP contribution is 2.70. The van der Waals surface area contributed by atoms with E-state index in [1.54, 1.807) is 13.8 Å². The van der Waals surface area contributed by atoms with Crippen molar-refractivity contribution in [3.8, 4) is 0 Å². The number of ether oxygens (including phenoxy) is 1. The number of rotatable bonds is 16. The number of nitrogens with two attached hydrogens (primary N) is 2. The zero-order valence-corrected chi connectivity index (χ0v) is 35.8. The van der Waals surface area contributed by atoms with Crippen LogP contribution in [0.15, 0.2) is 4.99 Å². The Kier molecular flexibility index (Phi) is 14.4. The summed E-state index contributed by atoms with van der Waals surface area (Å²) in [5.41, 5.74) is 2.02. The van der Waals surface area contributed by atoms with Gasteiger partial charge in [0.25, 0.3) is 0 Å². The van der Waals surface area contributed by atoms with Crippen LogP contribution in [-0.4, -0.2) is 121 Å². The summed E-state index contributed by atoms with van der Waals surface area (Å²) >= 11 is 0. The first-order valence-corrected chi connectivity index (χ1v) is 23.0. The van der Waals surface area contributed by atoms with Gasteiger partial charge in [-0.05, 0) is 114 Å². The average Bonchev–Trinajstić information content (AvgIpc) is 3.67. The SMILES string of the molecule is CCCCCC[C@H]1CO[C@@H]([C@@H](O)[C@](C)(O)[C@@H]2CC[C@]3(O)[C@@H]4C(=NC[C@H](C)O)C(=O)[C@H]5C[C@@H](O)[C@@H](O)C[C@]5(CCC5CCC(N)[NH2+]C5CCCO)[C@@H]4CC[C@]23C)[C@H]1C. The fourth-order valence-corrected chi connectivity index (χ4v) is 13.9. The monoisotopic (exact) mass is 807 g/mol. The number of hydrogen-bond acceptors (Lipinski definition) is 11. The zero-order chi connectivity index (χ0) is 41.5. The Morgan fingerprint density at radius 3 is 2.47 bits per heavy atom. The van der Waals surface area contributed by atoms with Crippen molar-refractivity contribution in [2.45, 2.75) is 198 Å². The summed E-state index contributed by atoms with van der Waals surface area (Å²) in [6, 6.07) is 0.235. The standard InChI is InChI=1S/C45H79N3O9/c1-6-7-8-9-11-29-25-57-40(27(29)3)41(54)43(5,55)35-17-20-45(56)37-30(16-18-42(35,45)4)44(19-15-28-13-14-36(46)48-32(28)12-10-21-49)23-34(52)33(51)22-31(44)39(53)38(37)47-24-26(2)50/h26-37,40-41,48-52,54-56H,6-25,46H2,1-5H3/p+1/t26-,27-,28?,29-,30+,31+,32?,33+,34-,35+,36?,37-,40+,41+,42+,43+,44+,45-/m0/s1. The van der Waals surface area contributed by atoms with Gasteiger partial charge in [0.2, 0.25) is 0 Å². The molecule has 2 aliphatic heterocycles. The number of quaternary nitrogens is 1. The smallest absolute Gasteiger partial charge is 0.180 e. The summed E-state index contributed by atoms with van der Waals surface area (Å²) in [6.45, 7) is 10.4. The molecule has 0 aromatic carbocycles. The molecule has 0 aromatic heterocycles. The number of fused-ring (bicyclic) bond motifs is 5. The Labute approximate surface area is 341 Å². The third kappa shape index (κ3) is 8.33. The summed E-state index contributed by atoms with van der Waals surface area (Å²) in [5, 5.41) is 83.0. The fourth-order valence-electron chi connectivity index (χ4n) is 13.9. The molecule has 6 rings (SSSR count). The first-order valence-electron chi connectivity index (χ1n) is 23.0. The van der Waals surface area contributed by atoms with E-state index in [1.165, 1.54) is 19.3 Å². The van der Waals surface area contributed by atoms with Crippen molar-refractivity contribution in [3.05, 3.63) is 0 Å². The largest absolute Gasteiger partial charge is 0.396 e. The highest BCUT2D eigenvalue weighted by Gasteiger charge is 2.74. The summed E-state index contributed by atoms with van der Waals surface area (Å²) in [5.74, 6) is -1.56. The molecule has 4 aliphatic carbocycles. The number of nitrogens with zero attached hydrogens (tertiary/aromatic N) is 1. The molecule has 12 nitrogen and oxygen atoms in total. The number of aliphatic imine (C=N–C) groups is 1. The minimum absolute atomic E-state index is 0.00304. The molecule has 2 heterocycles. The molecule has 0 aromatic rings. The molecular formula is C45H80N3O9+. The lowest BCUT2D eigenvalue weighted by atomic mass is 9.40. The third-order valence-corrected chi connectivity index (χ3v) is 17.3. The van der Waals surface area contributed by atoms with Crippen molar-refractivity contribution < 1.29 is 50.6 Å². The van der Waals surface area contributed by atoms with Gasteiger partial charge >= 0.3 is 0 Å². The van der Waals surface area contributed by atoms with E-state index in [9.17, 15) is 35.7 Å². The fraction of sp³-hybridized carbons (Fsp3) is 0.956. The molecule has 11 N–H and O–H groups in total. The van der Waals surface area contributed by atoms with Crippen LogP contribution in [0.1, 0.15) is 144 Å². The molecule has 18 atom stereocenters. The molecule has 3 unspecified atom stereocenters. The van der Waals surface area contributed by atoms with Gasteiger partial charge in [0, 0.05) is 42.6 Å². The van der Waals surface area contributed by atoms with E-state index >= 15 is 4.79 Å².